The predicted molar refractivity (Wildman–Crippen MR) is 53.0 cm³/mol. The largest absolute Gasteiger partial charge is 0.290 e. The third-order valence-corrected chi connectivity index (χ3v) is 1.71. The highest BCUT2D eigenvalue weighted by molar-refractivity contribution is 6.00. The molecule has 0 N–H and O–H groups in total. The van der Waals surface area contributed by atoms with Crippen LogP contribution >= 0.6 is 0 Å². The van der Waals surface area contributed by atoms with Gasteiger partial charge in [-0.05, 0) is 38.8 Å². The van der Waals surface area contributed by atoms with Crippen LogP contribution in [0.4, 0.5) is 0 Å². The molecular weight excluding hydrogens is 148 g/mol. The summed E-state index contributed by atoms with van der Waals surface area (Å²) < 4.78 is 0. The van der Waals surface area contributed by atoms with E-state index < -0.39 is 0 Å². The Morgan fingerprint density at radius 3 is 1.92 bits per heavy atom. The van der Waals surface area contributed by atoms with Gasteiger partial charge < -0.3 is 0 Å². The fraction of sp³-hybridized carbons (Fsp3) is 0.545. The van der Waals surface area contributed by atoms with Crippen molar-refractivity contribution in [3.05, 3.63) is 23.3 Å². The summed E-state index contributed by atoms with van der Waals surface area (Å²) in [6.45, 7) is 10.0. The Balaban J connectivity index is 4.35. The highest BCUT2D eigenvalue weighted by atomic mass is 16.1. The quantitative estimate of drug-likeness (QED) is 0.589. The van der Waals surface area contributed by atoms with Crippen molar-refractivity contribution in [1.82, 2.24) is 0 Å². The number of carbonyl (C=O) groups excluding carboxylic acids is 1. The molecule has 68 valence electrons. The second kappa shape index (κ2) is 4.91. The van der Waals surface area contributed by atoms with Crippen LogP contribution in [0.15, 0.2) is 23.3 Å². The summed E-state index contributed by atoms with van der Waals surface area (Å²) in [6.07, 6.45) is 3.36. The van der Waals surface area contributed by atoms with E-state index in [0.29, 0.717) is 5.92 Å². The van der Waals surface area contributed by atoms with Gasteiger partial charge in [0.15, 0.2) is 5.78 Å². The highest BCUT2D eigenvalue weighted by Crippen LogP contribution is 2.07. The first kappa shape index (κ1) is 11.2. The summed E-state index contributed by atoms with van der Waals surface area (Å²) in [5, 5.41) is 0. The van der Waals surface area contributed by atoms with Gasteiger partial charge in [-0.25, -0.2) is 0 Å². The van der Waals surface area contributed by atoms with Crippen molar-refractivity contribution in [2.75, 3.05) is 0 Å². The molecule has 0 rings (SSSR count). The maximum absolute atomic E-state index is 11.2. The van der Waals surface area contributed by atoms with Crippen molar-refractivity contribution < 1.29 is 4.79 Å². The first-order valence-corrected chi connectivity index (χ1v) is 4.30. The second-order valence-corrected chi connectivity index (χ2v) is 3.67. The van der Waals surface area contributed by atoms with Crippen molar-refractivity contribution >= 4 is 5.78 Å². The zero-order valence-corrected chi connectivity index (χ0v) is 8.64. The molecule has 0 aliphatic heterocycles. The Bertz CT molecular complexity index is 215. The minimum atomic E-state index is 0.0983. The lowest BCUT2D eigenvalue weighted by Crippen LogP contribution is -1.94. The van der Waals surface area contributed by atoms with E-state index in [1.54, 1.807) is 12.2 Å². The maximum Gasteiger partial charge on any atom is 0.178 e. The molecule has 0 bridgehead atoms. The molecule has 0 aromatic rings. The molecule has 0 radical (unpaired) electrons. The standard InChI is InChI=1S/C11H18O/c1-8(2)6-11(12)7-10(5)9(3)4/h6-7,9H,1-5H3/b10-7+. The minimum absolute atomic E-state index is 0.0983. The third-order valence-electron chi connectivity index (χ3n) is 1.71. The molecule has 0 aliphatic carbocycles. The van der Waals surface area contributed by atoms with Crippen LogP contribution in [0.2, 0.25) is 0 Å². The van der Waals surface area contributed by atoms with Crippen LogP contribution in [-0.2, 0) is 4.79 Å². The molecule has 1 heteroatoms. The normalized spacial score (nSPS) is 11.7. The molecular formula is C11H18O. The number of carbonyl (C=O) groups is 1. The van der Waals surface area contributed by atoms with E-state index in [2.05, 4.69) is 13.8 Å². The topological polar surface area (TPSA) is 17.1 Å². The lowest BCUT2D eigenvalue weighted by atomic mass is 10.0. The molecule has 0 spiro atoms. The molecule has 0 amide bonds. The SMILES string of the molecule is CC(C)=CC(=O)/C=C(\C)C(C)C. The third kappa shape index (κ3) is 4.89. The predicted octanol–water partition coefficient (Wildman–Crippen LogP) is 3.12. The number of allylic oxidation sites excluding steroid dienone is 4. The molecule has 1 nitrogen and oxygen atoms in total. The van der Waals surface area contributed by atoms with E-state index in [1.165, 1.54) is 0 Å². The van der Waals surface area contributed by atoms with Gasteiger partial charge >= 0.3 is 0 Å². The molecule has 0 aromatic carbocycles. The van der Waals surface area contributed by atoms with E-state index in [1.807, 2.05) is 20.8 Å². The number of ketones is 1. The molecule has 0 unspecified atom stereocenters. The lowest BCUT2D eigenvalue weighted by Gasteiger charge is -2.02. The Hall–Kier alpha value is -0.850. The molecule has 0 atom stereocenters. The molecule has 0 saturated heterocycles. The summed E-state index contributed by atoms with van der Waals surface area (Å²) in [6, 6.07) is 0. The highest BCUT2D eigenvalue weighted by Gasteiger charge is 1.98. The fourth-order valence-electron chi connectivity index (χ4n) is 0.717. The van der Waals surface area contributed by atoms with Crippen molar-refractivity contribution in [2.45, 2.75) is 34.6 Å². The van der Waals surface area contributed by atoms with Crippen LogP contribution in [0, 0.1) is 5.92 Å². The lowest BCUT2D eigenvalue weighted by molar-refractivity contribution is -0.110. The van der Waals surface area contributed by atoms with Gasteiger partial charge in [0.2, 0.25) is 0 Å². The fourth-order valence-corrected chi connectivity index (χ4v) is 0.717. The first-order valence-electron chi connectivity index (χ1n) is 4.30. The smallest absolute Gasteiger partial charge is 0.178 e. The van der Waals surface area contributed by atoms with E-state index in [4.69, 9.17) is 0 Å². The van der Waals surface area contributed by atoms with Gasteiger partial charge in [-0.15, -0.1) is 0 Å². The Morgan fingerprint density at radius 1 is 1.08 bits per heavy atom. The summed E-state index contributed by atoms with van der Waals surface area (Å²) in [5.74, 6) is 0.556. The Morgan fingerprint density at radius 2 is 1.58 bits per heavy atom. The van der Waals surface area contributed by atoms with Crippen LogP contribution in [0.25, 0.3) is 0 Å². The van der Waals surface area contributed by atoms with E-state index >= 15 is 0 Å². The van der Waals surface area contributed by atoms with Gasteiger partial charge in [0.25, 0.3) is 0 Å². The van der Waals surface area contributed by atoms with Crippen LogP contribution in [-0.4, -0.2) is 5.78 Å². The molecule has 0 saturated carbocycles. The average Bonchev–Trinajstić information content (AvgIpc) is 1.84. The van der Waals surface area contributed by atoms with E-state index in [0.717, 1.165) is 11.1 Å². The van der Waals surface area contributed by atoms with Gasteiger partial charge in [0.05, 0.1) is 0 Å². The summed E-state index contributed by atoms with van der Waals surface area (Å²) in [4.78, 5) is 11.2. The summed E-state index contributed by atoms with van der Waals surface area (Å²) >= 11 is 0. The van der Waals surface area contributed by atoms with Gasteiger partial charge in [0.1, 0.15) is 0 Å². The van der Waals surface area contributed by atoms with Gasteiger partial charge in [0, 0.05) is 0 Å². The van der Waals surface area contributed by atoms with Crippen molar-refractivity contribution in [3.8, 4) is 0 Å². The second-order valence-electron chi connectivity index (χ2n) is 3.67. The van der Waals surface area contributed by atoms with E-state index in [-0.39, 0.29) is 5.78 Å². The van der Waals surface area contributed by atoms with Gasteiger partial charge in [-0.3, -0.25) is 4.79 Å². The zero-order chi connectivity index (χ0) is 9.72. The van der Waals surface area contributed by atoms with Gasteiger partial charge in [-0.2, -0.15) is 0 Å². The average molecular weight is 166 g/mol. The van der Waals surface area contributed by atoms with Crippen molar-refractivity contribution in [1.29, 1.82) is 0 Å². The van der Waals surface area contributed by atoms with E-state index in [9.17, 15) is 4.79 Å². The van der Waals surface area contributed by atoms with Crippen molar-refractivity contribution in [2.24, 2.45) is 5.92 Å². The van der Waals surface area contributed by atoms with Crippen LogP contribution in [0.1, 0.15) is 34.6 Å². The molecule has 12 heavy (non-hydrogen) atoms. The molecule has 0 fully saturated rings. The van der Waals surface area contributed by atoms with Gasteiger partial charge in [-0.1, -0.05) is 25.0 Å². The summed E-state index contributed by atoms with van der Waals surface area (Å²) in [7, 11) is 0. The number of hydrogen-bond donors (Lipinski definition) is 0. The first-order chi connectivity index (χ1) is 5.43. The maximum atomic E-state index is 11.2. The Kier molecular flexibility index (Phi) is 4.57. The molecule has 0 aliphatic rings. The zero-order valence-electron chi connectivity index (χ0n) is 8.64. The summed E-state index contributed by atoms with van der Waals surface area (Å²) in [5.41, 5.74) is 2.19. The van der Waals surface area contributed by atoms with Crippen LogP contribution < -0.4 is 0 Å². The minimum Gasteiger partial charge on any atom is -0.290 e. The van der Waals surface area contributed by atoms with Crippen molar-refractivity contribution in [3.63, 3.8) is 0 Å². The Labute approximate surface area is 75.2 Å². The number of rotatable bonds is 3. The van der Waals surface area contributed by atoms with Crippen LogP contribution in [0.5, 0.6) is 0 Å². The van der Waals surface area contributed by atoms with Crippen LogP contribution in [0.3, 0.4) is 0 Å². The number of hydrogen-bond acceptors (Lipinski definition) is 1. The monoisotopic (exact) mass is 166 g/mol. The molecule has 0 aromatic heterocycles. The molecule has 0 heterocycles.